The first-order chi connectivity index (χ1) is 11.3. The lowest BCUT2D eigenvalue weighted by Gasteiger charge is -2.25. The van der Waals surface area contributed by atoms with Crippen LogP contribution in [0.25, 0.3) is 0 Å². The molecule has 0 heterocycles. The Labute approximate surface area is 134 Å². The van der Waals surface area contributed by atoms with Crippen LogP contribution in [0, 0.1) is 0 Å². The average Bonchev–Trinajstić information content (AvgIpc) is 2.63. The van der Waals surface area contributed by atoms with E-state index in [-0.39, 0.29) is 6.42 Å². The smallest absolute Gasteiger partial charge is 0.231 e. The minimum Gasteiger partial charge on any atom is -0.394 e. The number of hydrogen-bond donors (Lipinski definition) is 6. The minimum atomic E-state index is -2.29. The van der Waals surface area contributed by atoms with Gasteiger partial charge in [0.1, 0.15) is 25.8 Å². The fourth-order valence-electron chi connectivity index (χ4n) is 1.94. The van der Waals surface area contributed by atoms with Crippen LogP contribution in [0.4, 0.5) is 0 Å². The van der Waals surface area contributed by atoms with Crippen LogP contribution < -0.4 is 5.73 Å². The summed E-state index contributed by atoms with van der Waals surface area (Å²) in [6.07, 6.45) is -8.24. The van der Waals surface area contributed by atoms with E-state index >= 15 is 0 Å². The van der Waals surface area contributed by atoms with Crippen molar-refractivity contribution >= 4 is 11.6 Å². The number of aliphatic hydroxyl groups is 5. The molecule has 8 heteroatoms. The van der Waals surface area contributed by atoms with Crippen molar-refractivity contribution in [3.8, 4) is 0 Å². The molecule has 0 saturated carbocycles. The molecule has 0 bridgehead atoms. The van der Waals surface area contributed by atoms with Crippen LogP contribution in [0.3, 0.4) is 0 Å². The van der Waals surface area contributed by atoms with E-state index < -0.39 is 48.6 Å². The summed E-state index contributed by atoms with van der Waals surface area (Å²) < 4.78 is 7.17. The Balaban J connectivity index is 2.78. The van der Waals surface area contributed by atoms with Gasteiger partial charge in [0.2, 0.25) is 11.6 Å². The second-order valence-electron chi connectivity index (χ2n) is 5.15. The molecule has 0 aliphatic rings. The van der Waals surface area contributed by atoms with E-state index in [0.29, 0.717) is 5.56 Å². The highest BCUT2D eigenvalue weighted by molar-refractivity contribution is 6.40. The Bertz CT molecular complexity index is 542. The third kappa shape index (κ3) is 5.17. The van der Waals surface area contributed by atoms with Gasteiger partial charge in [-0.05, 0) is 12.0 Å². The fourth-order valence-corrected chi connectivity index (χ4v) is 1.94. The maximum absolute atomic E-state index is 12.1. The number of benzene rings is 1. The van der Waals surface area contributed by atoms with Crippen molar-refractivity contribution in [2.24, 2.45) is 5.73 Å². The van der Waals surface area contributed by atoms with E-state index in [1.165, 1.54) is 0 Å². The van der Waals surface area contributed by atoms with E-state index in [4.69, 9.17) is 6.52 Å². The molecule has 0 unspecified atom stereocenters. The zero-order valence-electron chi connectivity index (χ0n) is 13.2. The third-order valence-electron chi connectivity index (χ3n) is 3.37. The Morgan fingerprint density at radius 1 is 1.04 bits per heavy atom. The van der Waals surface area contributed by atoms with Crippen LogP contribution in [-0.4, -0.2) is 74.2 Å². The molecule has 0 saturated heterocycles. The first-order valence-corrected chi connectivity index (χ1v) is 6.95. The van der Waals surface area contributed by atoms with Gasteiger partial charge in [-0.15, -0.1) is 0 Å². The number of Topliss-reactive ketones (excluding diaryl/α,β-unsaturated/α-hetero) is 2. The summed E-state index contributed by atoms with van der Waals surface area (Å²) in [5, 5.41) is 46.7. The Morgan fingerprint density at radius 3 is 2.17 bits per heavy atom. The van der Waals surface area contributed by atoms with Gasteiger partial charge in [-0.1, -0.05) is 30.3 Å². The highest BCUT2D eigenvalue weighted by atomic mass is 16.4. The molecule has 128 valence electrons. The van der Waals surface area contributed by atoms with Gasteiger partial charge in [-0.2, -0.15) is 0 Å². The number of ketones is 2. The molecule has 1 rings (SSSR count). The molecular weight excluding hydrogens is 306 g/mol. The average molecular weight is 328 g/mol. The van der Waals surface area contributed by atoms with Gasteiger partial charge in [0, 0.05) is 0 Å². The van der Waals surface area contributed by atoms with E-state index in [9.17, 15) is 30.0 Å². The van der Waals surface area contributed by atoms with Crippen LogP contribution in [0.2, 0.25) is 1.41 Å². The number of carbonyl (C=O) groups is 2. The number of nitrogens with two attached hydrogens (primary N) is 1. The lowest BCUT2D eigenvalue weighted by molar-refractivity contribution is -0.154. The largest absolute Gasteiger partial charge is 0.394 e. The summed E-state index contributed by atoms with van der Waals surface area (Å²) >= 11 is 0. The molecule has 7 N–H and O–H groups in total. The Kier molecular flexibility index (Phi) is 6.78. The van der Waals surface area contributed by atoms with Crippen molar-refractivity contribution in [3.63, 3.8) is 0 Å². The normalized spacial score (nSPS) is 18.4. The summed E-state index contributed by atoms with van der Waals surface area (Å²) in [7, 11) is 0. The highest BCUT2D eigenvalue weighted by Gasteiger charge is 2.38. The van der Waals surface area contributed by atoms with Crippen LogP contribution in [-0.2, 0) is 16.0 Å². The lowest BCUT2D eigenvalue weighted by Crippen LogP contribution is -2.52. The second kappa shape index (κ2) is 8.82. The van der Waals surface area contributed by atoms with Crippen LogP contribution in [0.1, 0.15) is 5.56 Å². The summed E-state index contributed by atoms with van der Waals surface area (Å²) in [4.78, 5) is 24.0. The zero-order valence-corrected chi connectivity index (χ0v) is 12.2. The first-order valence-electron chi connectivity index (χ1n) is 7.45. The van der Waals surface area contributed by atoms with Gasteiger partial charge in [0.25, 0.3) is 0 Å². The van der Waals surface area contributed by atoms with Gasteiger partial charge in [-0.3, -0.25) is 9.59 Å². The van der Waals surface area contributed by atoms with Crippen molar-refractivity contribution in [3.05, 3.63) is 35.9 Å². The molecule has 0 fully saturated rings. The van der Waals surface area contributed by atoms with E-state index in [2.05, 4.69) is 0 Å². The number of aliphatic hydroxyl groups excluding tert-OH is 5. The Hall–Kier alpha value is -1.68. The minimum absolute atomic E-state index is 0.0134. The predicted molar refractivity (Wildman–Crippen MR) is 79.2 cm³/mol. The standard InChI is InChI=1S/C15H21NO7/c16-9(6-8-4-2-1-3-5-8)11(19)13(21)15(23)14(22)12(20)10(18)7-17/h1-5,9-10,12,14-15,17-18,20,22-23H,6-7,16H2/t9-,10+,12-,14-,15-/m0/s1/i/hD. The van der Waals surface area contributed by atoms with Crippen LogP contribution >= 0.6 is 0 Å². The summed E-state index contributed by atoms with van der Waals surface area (Å²) in [5.41, 5.74) is 2.60. The van der Waals surface area contributed by atoms with Crippen molar-refractivity contribution in [1.29, 1.82) is 0 Å². The fraction of sp³-hybridized carbons (Fsp3) is 0.467. The molecule has 0 radical (unpaired) electrons. The van der Waals surface area contributed by atoms with Gasteiger partial charge < -0.3 is 31.3 Å². The molecule has 0 aromatic heterocycles. The highest BCUT2D eigenvalue weighted by Crippen LogP contribution is 2.09. The second-order valence-corrected chi connectivity index (χ2v) is 5.15. The van der Waals surface area contributed by atoms with E-state index in [1.54, 1.807) is 30.3 Å². The molecule has 0 aliphatic heterocycles. The van der Waals surface area contributed by atoms with E-state index in [1.807, 2.05) is 5.73 Å². The molecular formula is C15H21NO7. The van der Waals surface area contributed by atoms with Gasteiger partial charge in [0.15, 0.2) is 0 Å². The maximum Gasteiger partial charge on any atom is 0.231 e. The summed E-state index contributed by atoms with van der Waals surface area (Å²) in [5.74, 6) is -2.56. The van der Waals surface area contributed by atoms with Crippen molar-refractivity contribution in [2.75, 3.05) is 6.61 Å². The van der Waals surface area contributed by atoms with Crippen molar-refractivity contribution in [2.45, 2.75) is 36.9 Å². The maximum atomic E-state index is 12.1. The molecule has 0 aliphatic carbocycles. The molecule has 8 nitrogen and oxygen atoms in total. The molecule has 1 aromatic carbocycles. The third-order valence-corrected chi connectivity index (χ3v) is 3.37. The number of rotatable bonds is 10. The SMILES string of the molecule is [2H]N[C@@H](Cc1ccccc1)C(=O)C(=O)[C@H](O)[C@@H](O)[C@@H](O)[C@H](O)CO. The van der Waals surface area contributed by atoms with Gasteiger partial charge in [-0.25, -0.2) is 0 Å². The zero-order chi connectivity index (χ0) is 18.3. The van der Waals surface area contributed by atoms with Gasteiger partial charge >= 0.3 is 0 Å². The van der Waals surface area contributed by atoms with Gasteiger partial charge in [0.05, 0.1) is 12.6 Å². The Morgan fingerprint density at radius 2 is 1.65 bits per heavy atom. The van der Waals surface area contributed by atoms with E-state index in [0.717, 1.165) is 0 Å². The molecule has 1 aromatic rings. The van der Waals surface area contributed by atoms with Crippen molar-refractivity contribution in [1.82, 2.24) is 0 Å². The molecule has 0 spiro atoms. The molecule has 0 amide bonds. The predicted octanol–water partition coefficient (Wildman–Crippen LogP) is -2.87. The first kappa shape index (κ1) is 17.7. The number of carbonyl (C=O) groups excluding carboxylic acids is 2. The number of hydrogen-bond acceptors (Lipinski definition) is 8. The van der Waals surface area contributed by atoms with Crippen LogP contribution in [0.5, 0.6) is 0 Å². The van der Waals surface area contributed by atoms with Crippen molar-refractivity contribution < 1.29 is 36.5 Å². The van der Waals surface area contributed by atoms with Crippen LogP contribution in [0.15, 0.2) is 30.3 Å². The topological polar surface area (TPSA) is 161 Å². The molecule has 23 heavy (non-hydrogen) atoms. The molecule has 5 atom stereocenters. The quantitative estimate of drug-likeness (QED) is 0.250. The summed E-state index contributed by atoms with van der Waals surface area (Å²) in [6, 6.07) is 7.32. The lowest BCUT2D eigenvalue weighted by atomic mass is 9.94. The monoisotopic (exact) mass is 328 g/mol. The summed E-state index contributed by atoms with van der Waals surface area (Å²) in [6.45, 7) is -0.905.